The van der Waals surface area contributed by atoms with Crippen molar-refractivity contribution in [3.8, 4) is 0 Å². The van der Waals surface area contributed by atoms with Gasteiger partial charge < -0.3 is 9.22 Å². The number of piperidine rings is 1. The minimum absolute atomic E-state index is 0.00810. The second-order valence-corrected chi connectivity index (χ2v) is 4.71. The van der Waals surface area contributed by atoms with Crippen LogP contribution in [0.4, 0.5) is 0 Å². The summed E-state index contributed by atoms with van der Waals surface area (Å²) in [4.78, 5) is 22.5. The van der Waals surface area contributed by atoms with Gasteiger partial charge in [-0.2, -0.15) is 0 Å². The number of nitrogens with zero attached hydrogens (tertiary/aromatic N) is 1. The van der Waals surface area contributed by atoms with Gasteiger partial charge in [0.25, 0.3) is 0 Å². The first kappa shape index (κ1) is 17.0. The van der Waals surface area contributed by atoms with E-state index in [1.165, 1.54) is 26.4 Å². The second kappa shape index (κ2) is 9.03. The van der Waals surface area contributed by atoms with Crippen LogP contribution in [-0.2, 0) is 19.0 Å². The first-order valence-corrected chi connectivity index (χ1v) is 6.05. The number of hydrogen-bond donors (Lipinski definition) is 0. The molecule has 0 aromatic rings. The fraction of sp³-hybridized carbons (Fsp3) is 0.818. The summed E-state index contributed by atoms with van der Waals surface area (Å²) in [5.41, 5.74) is 0. The zero-order valence-electron chi connectivity index (χ0n) is 11.2. The molecule has 98 valence electrons. The molecule has 0 atom stereocenters. The van der Waals surface area contributed by atoms with Crippen molar-refractivity contribution >= 4 is 26.5 Å². The normalized spacial score (nSPS) is 16.8. The maximum absolute atomic E-state index is 11.6. The number of carbonyl (C=O) groups is 2. The van der Waals surface area contributed by atoms with E-state index in [1.54, 1.807) is 0 Å². The number of ketones is 1. The van der Waals surface area contributed by atoms with Crippen LogP contribution < -0.4 is 0 Å². The molecule has 0 unspecified atom stereocenters. The number of rotatable bonds is 4. The van der Waals surface area contributed by atoms with Gasteiger partial charge in [0.2, 0.25) is 0 Å². The van der Waals surface area contributed by atoms with Crippen molar-refractivity contribution in [2.75, 3.05) is 33.8 Å². The molecule has 0 N–H and O–H groups in total. The van der Waals surface area contributed by atoms with Gasteiger partial charge in [-0.25, -0.2) is 0 Å². The molecule has 1 saturated heterocycles. The predicted molar refractivity (Wildman–Crippen MR) is 68.5 cm³/mol. The quantitative estimate of drug-likeness (QED) is 0.302. The number of hydrogen-bond acceptors (Lipinski definition) is 4. The van der Waals surface area contributed by atoms with E-state index in [2.05, 4.69) is 19.5 Å². The molecule has 2 radical (unpaired) electrons. The monoisotopic (exact) mass is 252 g/mol. The summed E-state index contributed by atoms with van der Waals surface area (Å²) in [6.07, 6.45) is 3.55. The molecule has 1 fully saturated rings. The minimum atomic E-state index is -0.427. The van der Waals surface area contributed by atoms with E-state index in [-0.39, 0.29) is 19.2 Å². The van der Waals surface area contributed by atoms with Crippen molar-refractivity contribution in [2.45, 2.75) is 25.7 Å². The summed E-state index contributed by atoms with van der Waals surface area (Å²) in [5, 5.41) is 0. The molecule has 0 aromatic heterocycles. The van der Waals surface area contributed by atoms with Gasteiger partial charge in [0.05, 0.1) is 27.2 Å². The van der Waals surface area contributed by atoms with Gasteiger partial charge in [0.1, 0.15) is 13.0 Å². The summed E-state index contributed by atoms with van der Waals surface area (Å²) in [5.74, 6) is -0.435. The summed E-state index contributed by atoms with van der Waals surface area (Å²) in [7, 11) is 7.82. The molecule has 1 rings (SSSR count). The maximum atomic E-state index is 11.6. The van der Waals surface area contributed by atoms with Crippen LogP contribution in [0.2, 0.25) is 0 Å². The van der Waals surface area contributed by atoms with Gasteiger partial charge >= 0.3 is 25.5 Å². The Hall–Kier alpha value is -0.970. The van der Waals surface area contributed by atoms with Crippen molar-refractivity contribution < 1.29 is 23.5 Å². The number of likely N-dealkylation sites (tertiary alicyclic amines) is 1. The molecular formula is C11H20B2NO4+. The van der Waals surface area contributed by atoms with E-state index in [1.807, 2.05) is 0 Å². The van der Waals surface area contributed by atoms with Crippen LogP contribution in [0.15, 0.2) is 0 Å². The summed E-state index contributed by atoms with van der Waals surface area (Å²) in [6, 6.07) is 0. The van der Waals surface area contributed by atoms with Crippen LogP contribution in [0.3, 0.4) is 0 Å². The Labute approximate surface area is 110 Å². The molecule has 5 nitrogen and oxygen atoms in total. The van der Waals surface area contributed by atoms with Crippen molar-refractivity contribution in [3.63, 3.8) is 0 Å². The van der Waals surface area contributed by atoms with Gasteiger partial charge in [-0.15, -0.1) is 0 Å². The van der Waals surface area contributed by atoms with Crippen molar-refractivity contribution in [1.29, 1.82) is 0 Å². The first-order valence-electron chi connectivity index (χ1n) is 6.05. The topological polar surface area (TPSA) is 60.4 Å². The van der Waals surface area contributed by atoms with Crippen LogP contribution in [0.5, 0.6) is 0 Å². The van der Waals surface area contributed by atoms with Gasteiger partial charge in [-0.3, -0.25) is 9.59 Å². The third-order valence-electron chi connectivity index (χ3n) is 3.02. The summed E-state index contributed by atoms with van der Waals surface area (Å²) in [6.45, 7) is 2.56. The van der Waals surface area contributed by atoms with Gasteiger partial charge in [-0.1, -0.05) is 0 Å². The first-order chi connectivity index (χ1) is 8.47. The third kappa shape index (κ3) is 7.37. The average molecular weight is 252 g/mol. The van der Waals surface area contributed by atoms with E-state index in [0.29, 0.717) is 6.54 Å². The third-order valence-corrected chi connectivity index (χ3v) is 3.02. The molecule has 7 heteroatoms. The summed E-state index contributed by atoms with van der Waals surface area (Å²) < 4.78 is 13.8. The molecule has 18 heavy (non-hydrogen) atoms. The molecule has 0 aromatic carbocycles. The molecular weight excluding hydrogens is 232 g/mol. The van der Waals surface area contributed by atoms with E-state index in [0.717, 1.165) is 17.6 Å². The van der Waals surface area contributed by atoms with Crippen molar-refractivity contribution in [2.24, 2.45) is 0 Å². The standard InChI is InChI=1S/C11H20NO3.B2O/c1-12(6-4-3-5-7-12)9-10(13)8-11(14)15-2;1-2-3/h3-9H2,1-2H3;/q+1;. The zero-order chi connectivity index (χ0) is 14.0. The van der Waals surface area contributed by atoms with Crippen molar-refractivity contribution in [1.82, 2.24) is 0 Å². The second-order valence-electron chi connectivity index (χ2n) is 4.71. The van der Waals surface area contributed by atoms with E-state index in [4.69, 9.17) is 4.70 Å². The summed E-state index contributed by atoms with van der Waals surface area (Å²) >= 11 is 0. The number of likely N-dealkylation sites (N-methyl/N-ethyl adjacent to an activating group) is 1. The number of methoxy groups -OCH3 is 1. The van der Waals surface area contributed by atoms with Crippen LogP contribution in [0, 0.1) is 0 Å². The Kier molecular flexibility index (Phi) is 8.54. The average Bonchev–Trinajstić information content (AvgIpc) is 2.29. The fourth-order valence-corrected chi connectivity index (χ4v) is 2.15. The van der Waals surface area contributed by atoms with E-state index >= 15 is 0 Å². The Morgan fingerprint density at radius 2 is 1.78 bits per heavy atom. The van der Waals surface area contributed by atoms with Crippen LogP contribution in [0.25, 0.3) is 0 Å². The molecule has 0 saturated carbocycles. The number of quaternary nitrogens is 1. The van der Waals surface area contributed by atoms with Gasteiger partial charge in [-0.05, 0) is 19.3 Å². The molecule has 0 bridgehead atoms. The number of carbonyl (C=O) groups excluding carboxylic acids is 2. The van der Waals surface area contributed by atoms with Crippen molar-refractivity contribution in [3.05, 3.63) is 0 Å². The molecule has 1 aliphatic heterocycles. The predicted octanol–water partition coefficient (Wildman–Crippen LogP) is -0.131. The number of ether oxygens (including phenoxy) is 1. The van der Waals surface area contributed by atoms with Crippen LogP contribution in [-0.4, -0.2) is 64.8 Å². The number of Topliss-reactive ketones (excluding diaryl/α,β-unsaturated/α-hetero) is 1. The molecule has 0 aliphatic carbocycles. The zero-order valence-corrected chi connectivity index (χ0v) is 11.2. The Balaban J connectivity index is 0.000000873. The Bertz CT molecular complexity index is 291. The number of esters is 1. The van der Waals surface area contributed by atoms with E-state index < -0.39 is 5.97 Å². The molecule has 1 aliphatic rings. The fourth-order valence-electron chi connectivity index (χ4n) is 2.15. The Morgan fingerprint density at radius 3 is 2.22 bits per heavy atom. The van der Waals surface area contributed by atoms with Crippen LogP contribution >= 0.6 is 0 Å². The SMILES string of the molecule is COC(=O)CC(=O)C[N+]1(C)CCCCC1.[B]B=O. The molecule has 0 spiro atoms. The van der Waals surface area contributed by atoms with Gasteiger partial charge in [0.15, 0.2) is 5.78 Å². The Morgan fingerprint density at radius 1 is 1.28 bits per heavy atom. The van der Waals surface area contributed by atoms with Crippen LogP contribution in [0.1, 0.15) is 25.7 Å². The van der Waals surface area contributed by atoms with E-state index in [9.17, 15) is 9.59 Å². The molecule has 1 heterocycles. The van der Waals surface area contributed by atoms with Gasteiger partial charge in [0, 0.05) is 0 Å². The molecule has 0 amide bonds.